The highest BCUT2D eigenvalue weighted by Crippen LogP contribution is 2.28. The van der Waals surface area contributed by atoms with Gasteiger partial charge in [0.05, 0.1) is 16.1 Å². The van der Waals surface area contributed by atoms with Crippen LogP contribution < -0.4 is 15.8 Å². The van der Waals surface area contributed by atoms with Crippen molar-refractivity contribution in [3.63, 3.8) is 0 Å². The first-order valence-electron chi connectivity index (χ1n) is 8.31. The molecule has 8 heteroatoms. The average molecular weight is 416 g/mol. The first kappa shape index (κ1) is 19.9. The van der Waals surface area contributed by atoms with Crippen LogP contribution in [0.25, 0.3) is 0 Å². The molecular formula is C20H18ClN3O3S. The molecule has 1 amide bonds. The third-order valence-electron chi connectivity index (χ3n) is 4.15. The number of amides is 1. The summed E-state index contributed by atoms with van der Waals surface area (Å²) in [4.78, 5) is 12.7. The Kier molecular flexibility index (Phi) is 5.69. The average Bonchev–Trinajstić information content (AvgIpc) is 2.65. The van der Waals surface area contributed by atoms with Crippen LogP contribution in [0.1, 0.15) is 15.9 Å². The van der Waals surface area contributed by atoms with Crippen LogP contribution in [-0.4, -0.2) is 14.3 Å². The largest absolute Gasteiger partial charge is 0.355 e. The highest BCUT2D eigenvalue weighted by Gasteiger charge is 2.13. The van der Waals surface area contributed by atoms with Gasteiger partial charge in [-0.2, -0.15) is 0 Å². The van der Waals surface area contributed by atoms with Gasteiger partial charge in [0.15, 0.2) is 0 Å². The van der Waals surface area contributed by atoms with E-state index in [1.807, 2.05) is 25.1 Å². The van der Waals surface area contributed by atoms with Crippen LogP contribution in [0.15, 0.2) is 71.6 Å². The number of halogens is 1. The third-order valence-corrected chi connectivity index (χ3v) is 5.49. The lowest BCUT2D eigenvalue weighted by Crippen LogP contribution is -2.15. The Balaban J connectivity index is 1.84. The van der Waals surface area contributed by atoms with E-state index in [0.717, 1.165) is 11.3 Å². The first-order chi connectivity index (χ1) is 13.3. The predicted octanol–water partition coefficient (Wildman–Crippen LogP) is 4.29. The van der Waals surface area contributed by atoms with Crippen LogP contribution in [-0.2, 0) is 10.0 Å². The zero-order chi connectivity index (χ0) is 20.3. The van der Waals surface area contributed by atoms with Gasteiger partial charge in [0.1, 0.15) is 0 Å². The van der Waals surface area contributed by atoms with E-state index in [9.17, 15) is 13.2 Å². The van der Waals surface area contributed by atoms with Gasteiger partial charge in [0.2, 0.25) is 10.0 Å². The number of para-hydroxylation sites is 1. The Morgan fingerprint density at radius 1 is 0.929 bits per heavy atom. The zero-order valence-corrected chi connectivity index (χ0v) is 16.5. The summed E-state index contributed by atoms with van der Waals surface area (Å²) in [5.74, 6) is -0.342. The number of nitrogens with two attached hydrogens (primary N) is 1. The number of nitrogens with one attached hydrogen (secondary N) is 2. The minimum atomic E-state index is -3.78. The van der Waals surface area contributed by atoms with Gasteiger partial charge >= 0.3 is 0 Å². The predicted molar refractivity (Wildman–Crippen MR) is 112 cm³/mol. The lowest BCUT2D eigenvalue weighted by atomic mass is 10.1. The van der Waals surface area contributed by atoms with Crippen LogP contribution in [0.2, 0.25) is 5.02 Å². The van der Waals surface area contributed by atoms with E-state index in [4.69, 9.17) is 16.7 Å². The van der Waals surface area contributed by atoms with Crippen molar-refractivity contribution in [3.05, 3.63) is 82.9 Å². The van der Waals surface area contributed by atoms with Crippen LogP contribution in [0.3, 0.4) is 0 Å². The fraction of sp³-hybridized carbons (Fsp3) is 0.0500. The minimum absolute atomic E-state index is 0.0241. The molecule has 0 unspecified atom stereocenters. The van der Waals surface area contributed by atoms with Gasteiger partial charge in [-0.05, 0) is 61.0 Å². The smallest absolute Gasteiger partial charge is 0.257 e. The molecule has 3 aromatic rings. The molecule has 0 heterocycles. The summed E-state index contributed by atoms with van der Waals surface area (Å²) >= 11 is 6.16. The topological polar surface area (TPSA) is 101 Å². The van der Waals surface area contributed by atoms with E-state index in [1.165, 1.54) is 24.3 Å². The molecule has 0 saturated carbocycles. The Morgan fingerprint density at radius 2 is 1.57 bits per heavy atom. The molecule has 0 atom stereocenters. The molecule has 3 aromatic carbocycles. The van der Waals surface area contributed by atoms with Crippen molar-refractivity contribution >= 4 is 44.6 Å². The Hall–Kier alpha value is -2.87. The van der Waals surface area contributed by atoms with E-state index in [1.54, 1.807) is 24.3 Å². The Bertz CT molecular complexity index is 1130. The molecule has 4 N–H and O–H groups in total. The quantitative estimate of drug-likeness (QED) is 0.578. The molecule has 0 aromatic heterocycles. The number of rotatable bonds is 5. The SMILES string of the molecule is Cc1c(Cl)cccc1Nc1ccccc1C(=O)Nc1ccc(S(N)(=O)=O)cc1. The van der Waals surface area contributed by atoms with Gasteiger partial charge in [0.25, 0.3) is 5.91 Å². The van der Waals surface area contributed by atoms with E-state index in [-0.39, 0.29) is 10.8 Å². The standard InChI is InChI=1S/C20H18ClN3O3S/c1-13-17(21)6-4-8-18(13)24-19-7-3-2-5-16(19)20(25)23-14-9-11-15(12-10-14)28(22,26)27/h2-12,24H,1H3,(H,23,25)(H2,22,26,27). The van der Waals surface area contributed by atoms with Crippen LogP contribution in [0.5, 0.6) is 0 Å². The molecule has 0 fully saturated rings. The maximum atomic E-state index is 12.7. The highest BCUT2D eigenvalue weighted by molar-refractivity contribution is 7.89. The molecule has 0 saturated heterocycles. The van der Waals surface area contributed by atoms with E-state index in [0.29, 0.717) is 22.0 Å². The fourth-order valence-electron chi connectivity index (χ4n) is 2.60. The third kappa shape index (κ3) is 4.51. The normalized spacial score (nSPS) is 11.1. The molecule has 0 aliphatic heterocycles. The zero-order valence-electron chi connectivity index (χ0n) is 14.9. The summed E-state index contributed by atoms with van der Waals surface area (Å²) < 4.78 is 22.7. The van der Waals surface area contributed by atoms with Gasteiger partial charge in [-0.3, -0.25) is 4.79 Å². The van der Waals surface area contributed by atoms with Crippen molar-refractivity contribution in [3.8, 4) is 0 Å². The second-order valence-corrected chi connectivity index (χ2v) is 8.08. The highest BCUT2D eigenvalue weighted by atomic mass is 35.5. The molecular weight excluding hydrogens is 398 g/mol. The summed E-state index contributed by atoms with van der Waals surface area (Å²) in [6.07, 6.45) is 0. The first-order valence-corrected chi connectivity index (χ1v) is 10.2. The second kappa shape index (κ2) is 8.02. The van der Waals surface area contributed by atoms with Crippen molar-refractivity contribution < 1.29 is 13.2 Å². The Labute approximate surface area is 168 Å². The van der Waals surface area contributed by atoms with Crippen LogP contribution >= 0.6 is 11.6 Å². The monoisotopic (exact) mass is 415 g/mol. The number of carbonyl (C=O) groups excluding carboxylic acids is 1. The van der Waals surface area contributed by atoms with Gasteiger partial charge in [-0.25, -0.2) is 13.6 Å². The molecule has 6 nitrogen and oxygen atoms in total. The van der Waals surface area contributed by atoms with Crippen LogP contribution in [0, 0.1) is 6.92 Å². The maximum Gasteiger partial charge on any atom is 0.257 e. The lowest BCUT2D eigenvalue weighted by Gasteiger charge is -2.14. The second-order valence-electron chi connectivity index (χ2n) is 6.11. The van der Waals surface area contributed by atoms with Crippen molar-refractivity contribution in [2.75, 3.05) is 10.6 Å². The molecule has 0 spiro atoms. The van der Waals surface area contributed by atoms with Gasteiger partial charge in [-0.15, -0.1) is 0 Å². The molecule has 0 aliphatic carbocycles. The van der Waals surface area contributed by atoms with Crippen molar-refractivity contribution in [2.24, 2.45) is 5.14 Å². The summed E-state index contributed by atoms with van der Waals surface area (Å²) in [6, 6.07) is 18.2. The van der Waals surface area contributed by atoms with Crippen LogP contribution in [0.4, 0.5) is 17.1 Å². The number of carbonyl (C=O) groups is 1. The van der Waals surface area contributed by atoms with Gasteiger partial charge < -0.3 is 10.6 Å². The number of benzene rings is 3. The van der Waals surface area contributed by atoms with E-state index in [2.05, 4.69) is 10.6 Å². The molecule has 0 bridgehead atoms. The molecule has 28 heavy (non-hydrogen) atoms. The number of primary sulfonamides is 1. The summed E-state index contributed by atoms with van der Waals surface area (Å²) in [5.41, 5.74) is 3.17. The summed E-state index contributed by atoms with van der Waals surface area (Å²) in [5, 5.41) is 11.7. The summed E-state index contributed by atoms with van der Waals surface area (Å²) in [6.45, 7) is 1.89. The summed E-state index contributed by atoms with van der Waals surface area (Å²) in [7, 11) is -3.78. The van der Waals surface area contributed by atoms with E-state index < -0.39 is 10.0 Å². The number of hydrogen-bond acceptors (Lipinski definition) is 4. The lowest BCUT2D eigenvalue weighted by molar-refractivity contribution is 0.102. The minimum Gasteiger partial charge on any atom is -0.355 e. The maximum absolute atomic E-state index is 12.7. The van der Waals surface area contributed by atoms with Crippen molar-refractivity contribution in [1.82, 2.24) is 0 Å². The molecule has 144 valence electrons. The van der Waals surface area contributed by atoms with E-state index >= 15 is 0 Å². The molecule has 0 radical (unpaired) electrons. The van der Waals surface area contributed by atoms with Gasteiger partial charge in [-0.1, -0.05) is 29.8 Å². The molecule has 3 rings (SSSR count). The molecule has 0 aliphatic rings. The number of sulfonamides is 1. The van der Waals surface area contributed by atoms with Crippen molar-refractivity contribution in [1.29, 1.82) is 0 Å². The van der Waals surface area contributed by atoms with Gasteiger partial charge in [0, 0.05) is 16.4 Å². The fourth-order valence-corrected chi connectivity index (χ4v) is 3.29. The number of anilines is 3. The van der Waals surface area contributed by atoms with Crippen molar-refractivity contribution in [2.45, 2.75) is 11.8 Å². The number of hydrogen-bond donors (Lipinski definition) is 3. The Morgan fingerprint density at radius 3 is 2.25 bits per heavy atom.